The summed E-state index contributed by atoms with van der Waals surface area (Å²) in [5.41, 5.74) is 0.578. The van der Waals surface area contributed by atoms with Gasteiger partial charge in [0.05, 0.1) is 15.7 Å². The zero-order chi connectivity index (χ0) is 19.6. The molecule has 10 heteroatoms. The first-order valence-electron chi connectivity index (χ1n) is 7.62. The van der Waals surface area contributed by atoms with Crippen molar-refractivity contribution < 1.29 is 14.4 Å². The highest BCUT2D eigenvalue weighted by atomic mass is 35.5. The van der Waals surface area contributed by atoms with Gasteiger partial charge in [-0.3, -0.25) is 9.59 Å². The number of carbonyl (C=O) groups excluding carboxylic acids is 3. The zero-order valence-corrected chi connectivity index (χ0v) is 15.3. The predicted octanol–water partition coefficient (Wildman–Crippen LogP) is 3.05. The number of carbonyl (C=O) groups is 3. The van der Waals surface area contributed by atoms with Crippen LogP contribution in [-0.2, 0) is 9.59 Å². The Labute approximate surface area is 162 Å². The van der Waals surface area contributed by atoms with Crippen LogP contribution in [0.1, 0.15) is 6.92 Å². The highest BCUT2D eigenvalue weighted by Gasteiger charge is 2.23. The molecule has 2 aromatic carbocycles. The standard InChI is InChI=1S/C17H11Cl2N5O3/c1-8(25)15(24-23-13-6-9(18)2-4-11(13)19)16(26)20-10-3-5-12-14(7-10)22-17(27)21-12/h2-7,15H,1H3,(H,20,26). The number of urea groups is 1. The Kier molecular flexibility index (Phi) is 5.38. The summed E-state index contributed by atoms with van der Waals surface area (Å²) in [4.78, 5) is 42.8. The lowest BCUT2D eigenvalue weighted by molar-refractivity contribution is -0.126. The molecule has 0 bridgehead atoms. The molecule has 27 heavy (non-hydrogen) atoms. The van der Waals surface area contributed by atoms with Gasteiger partial charge in [0, 0.05) is 10.7 Å². The second kappa shape index (κ2) is 7.73. The number of halogens is 2. The van der Waals surface area contributed by atoms with Gasteiger partial charge >= 0.3 is 6.03 Å². The molecule has 0 radical (unpaired) electrons. The number of amides is 3. The van der Waals surface area contributed by atoms with Gasteiger partial charge in [0.2, 0.25) is 6.04 Å². The van der Waals surface area contributed by atoms with Crippen molar-refractivity contribution in [2.45, 2.75) is 13.0 Å². The van der Waals surface area contributed by atoms with Crippen LogP contribution in [0.15, 0.2) is 56.6 Å². The fourth-order valence-corrected chi connectivity index (χ4v) is 2.55. The van der Waals surface area contributed by atoms with Crippen molar-refractivity contribution >= 4 is 52.3 Å². The molecule has 3 amide bonds. The van der Waals surface area contributed by atoms with E-state index in [0.717, 1.165) is 0 Å². The van der Waals surface area contributed by atoms with E-state index >= 15 is 0 Å². The van der Waals surface area contributed by atoms with E-state index in [0.29, 0.717) is 21.4 Å². The van der Waals surface area contributed by atoms with Gasteiger partial charge in [0.25, 0.3) is 5.91 Å². The monoisotopic (exact) mass is 403 g/mol. The number of fused-ring (bicyclic) bond motifs is 1. The molecule has 2 aromatic rings. The molecule has 0 aliphatic carbocycles. The first kappa shape index (κ1) is 18.8. The average molecular weight is 404 g/mol. The van der Waals surface area contributed by atoms with Crippen LogP contribution in [0, 0.1) is 0 Å². The molecule has 1 aliphatic heterocycles. The number of anilines is 1. The van der Waals surface area contributed by atoms with Crippen LogP contribution >= 0.6 is 23.2 Å². The number of benzene rings is 2. The number of Topliss-reactive ketones (excluding diaryl/α,β-unsaturated/α-hetero) is 1. The first-order valence-corrected chi connectivity index (χ1v) is 8.38. The SMILES string of the molecule is CC(=O)C(N=Nc1cc(Cl)ccc1Cl)C(=O)Nc1ccc2c(c1)=NC(=O)N=2. The minimum Gasteiger partial charge on any atom is -0.324 e. The number of nitrogens with zero attached hydrogens (tertiary/aromatic N) is 4. The van der Waals surface area contributed by atoms with Gasteiger partial charge in [0.15, 0.2) is 5.78 Å². The molecule has 8 nitrogen and oxygen atoms in total. The molecule has 136 valence electrons. The largest absolute Gasteiger partial charge is 0.368 e. The number of nitrogens with one attached hydrogen (secondary N) is 1. The van der Waals surface area contributed by atoms with E-state index in [2.05, 4.69) is 25.5 Å². The number of ketones is 1. The van der Waals surface area contributed by atoms with Crippen LogP contribution in [0.5, 0.6) is 0 Å². The Morgan fingerprint density at radius 1 is 1.07 bits per heavy atom. The predicted molar refractivity (Wildman–Crippen MR) is 98.2 cm³/mol. The minimum atomic E-state index is -1.38. The summed E-state index contributed by atoms with van der Waals surface area (Å²) in [7, 11) is 0. The van der Waals surface area contributed by atoms with Crippen molar-refractivity contribution in [1.82, 2.24) is 0 Å². The third-order valence-electron chi connectivity index (χ3n) is 3.50. The van der Waals surface area contributed by atoms with Gasteiger partial charge in [-0.15, -0.1) is 0 Å². The first-order chi connectivity index (χ1) is 12.8. The maximum Gasteiger partial charge on any atom is 0.368 e. The van der Waals surface area contributed by atoms with E-state index in [1.807, 2.05) is 0 Å². The van der Waals surface area contributed by atoms with Crippen molar-refractivity contribution in [3.05, 3.63) is 57.2 Å². The fourth-order valence-electron chi connectivity index (χ4n) is 2.23. The summed E-state index contributed by atoms with van der Waals surface area (Å²) >= 11 is 11.9. The van der Waals surface area contributed by atoms with Crippen LogP contribution in [0.25, 0.3) is 0 Å². The minimum absolute atomic E-state index is 0.236. The Morgan fingerprint density at radius 3 is 2.56 bits per heavy atom. The summed E-state index contributed by atoms with van der Waals surface area (Å²) < 4.78 is 0. The molecule has 0 saturated heterocycles. The third kappa shape index (κ3) is 4.42. The summed E-state index contributed by atoms with van der Waals surface area (Å²) in [5.74, 6) is -1.20. The van der Waals surface area contributed by atoms with Crippen molar-refractivity contribution in [1.29, 1.82) is 0 Å². The van der Waals surface area contributed by atoms with Gasteiger partial charge in [-0.25, -0.2) is 4.79 Å². The molecule has 1 aliphatic rings. The molecule has 1 N–H and O–H groups in total. The van der Waals surface area contributed by atoms with Crippen LogP contribution in [0.4, 0.5) is 16.2 Å². The second-order valence-electron chi connectivity index (χ2n) is 5.52. The van der Waals surface area contributed by atoms with Crippen molar-refractivity contribution in [2.75, 3.05) is 5.32 Å². The molecule has 1 heterocycles. The molecular formula is C17H11Cl2N5O3. The van der Waals surface area contributed by atoms with E-state index in [9.17, 15) is 14.4 Å². The highest BCUT2D eigenvalue weighted by molar-refractivity contribution is 6.35. The van der Waals surface area contributed by atoms with Gasteiger partial charge in [-0.2, -0.15) is 20.2 Å². The van der Waals surface area contributed by atoms with Crippen molar-refractivity contribution in [3.63, 3.8) is 0 Å². The number of rotatable bonds is 5. The lowest BCUT2D eigenvalue weighted by atomic mass is 10.2. The average Bonchev–Trinajstić information content (AvgIpc) is 2.97. The fraction of sp³-hybridized carbons (Fsp3) is 0.118. The number of hydrogen-bond donors (Lipinski definition) is 1. The summed E-state index contributed by atoms with van der Waals surface area (Å²) in [6.07, 6.45) is 0. The molecule has 0 fully saturated rings. The highest BCUT2D eigenvalue weighted by Crippen LogP contribution is 2.28. The van der Waals surface area contributed by atoms with Gasteiger partial charge < -0.3 is 5.32 Å². The summed E-state index contributed by atoms with van der Waals surface area (Å²) in [6, 6.07) is 7.13. The molecule has 0 saturated carbocycles. The third-order valence-corrected chi connectivity index (χ3v) is 4.05. The molecule has 0 aromatic heterocycles. The smallest absolute Gasteiger partial charge is 0.324 e. The van der Waals surface area contributed by atoms with Crippen LogP contribution in [0.3, 0.4) is 0 Å². The maximum atomic E-state index is 12.4. The number of hydrogen-bond acceptors (Lipinski definition) is 5. The molecule has 1 unspecified atom stereocenters. The second-order valence-corrected chi connectivity index (χ2v) is 6.37. The van der Waals surface area contributed by atoms with Gasteiger partial charge in [-0.1, -0.05) is 23.2 Å². The lowest BCUT2D eigenvalue weighted by Gasteiger charge is -2.09. The van der Waals surface area contributed by atoms with E-state index in [4.69, 9.17) is 23.2 Å². The van der Waals surface area contributed by atoms with Crippen LogP contribution in [0.2, 0.25) is 10.0 Å². The Hall–Kier alpha value is -2.97. The Bertz CT molecular complexity index is 1110. The lowest BCUT2D eigenvalue weighted by Crippen LogP contribution is -2.32. The summed E-state index contributed by atoms with van der Waals surface area (Å²) in [5, 5.41) is 11.6. The number of azo groups is 1. The van der Waals surface area contributed by atoms with Crippen molar-refractivity contribution in [2.24, 2.45) is 20.2 Å². The normalized spacial score (nSPS) is 13.7. The quantitative estimate of drug-likeness (QED) is 0.610. The molecule has 3 rings (SSSR count). The van der Waals surface area contributed by atoms with Crippen molar-refractivity contribution in [3.8, 4) is 0 Å². The van der Waals surface area contributed by atoms with Crippen LogP contribution in [-0.4, -0.2) is 23.8 Å². The van der Waals surface area contributed by atoms with Gasteiger partial charge in [0.1, 0.15) is 5.69 Å². The van der Waals surface area contributed by atoms with E-state index in [-0.39, 0.29) is 10.7 Å². The van der Waals surface area contributed by atoms with E-state index in [1.165, 1.54) is 37.3 Å². The summed E-state index contributed by atoms with van der Waals surface area (Å²) in [6.45, 7) is 1.22. The topological polar surface area (TPSA) is 113 Å². The molecular weight excluding hydrogens is 393 g/mol. The maximum absolute atomic E-state index is 12.4. The zero-order valence-electron chi connectivity index (χ0n) is 13.8. The molecule has 0 spiro atoms. The van der Waals surface area contributed by atoms with E-state index in [1.54, 1.807) is 6.07 Å². The Balaban J connectivity index is 1.81. The van der Waals surface area contributed by atoms with Gasteiger partial charge in [-0.05, 0) is 43.3 Å². The van der Waals surface area contributed by atoms with E-state index < -0.39 is 23.8 Å². The molecule has 1 atom stereocenters. The Morgan fingerprint density at radius 2 is 1.81 bits per heavy atom. The van der Waals surface area contributed by atoms with Crippen LogP contribution < -0.4 is 16.0 Å².